The van der Waals surface area contributed by atoms with Gasteiger partial charge in [0.2, 0.25) is 0 Å². The van der Waals surface area contributed by atoms with Crippen molar-refractivity contribution in [2.24, 2.45) is 0 Å². The fraction of sp³-hybridized carbons (Fsp3) is 0.182. The van der Waals surface area contributed by atoms with E-state index < -0.39 is 22.3 Å². The first-order valence-electron chi connectivity index (χ1n) is 9.17. The number of para-hydroxylation sites is 1. The molecule has 0 saturated heterocycles. The third-order valence-electron chi connectivity index (χ3n) is 5.24. The van der Waals surface area contributed by atoms with Gasteiger partial charge in [0.1, 0.15) is 6.04 Å². The van der Waals surface area contributed by atoms with Gasteiger partial charge in [0.05, 0.1) is 10.6 Å². The van der Waals surface area contributed by atoms with Crippen LogP contribution in [-0.4, -0.2) is 26.8 Å². The number of hydrogen-bond donors (Lipinski definition) is 1. The van der Waals surface area contributed by atoms with Gasteiger partial charge in [-0.2, -0.15) is 0 Å². The lowest BCUT2D eigenvalue weighted by atomic mass is 10.1. The molecule has 3 aromatic carbocycles. The molecule has 29 heavy (non-hydrogen) atoms. The number of benzene rings is 3. The number of anilines is 2. The highest BCUT2D eigenvalue weighted by Crippen LogP contribution is 2.45. The average molecular weight is 473 g/mol. The molecule has 0 radical (unpaired) electrons. The number of halogens is 1. The Morgan fingerprint density at radius 1 is 0.966 bits per heavy atom. The first-order valence-corrected chi connectivity index (χ1v) is 11.4. The molecule has 2 atom stereocenters. The monoisotopic (exact) mass is 472 g/mol. The van der Waals surface area contributed by atoms with Gasteiger partial charge in [-0.05, 0) is 49.4 Å². The molecule has 0 spiro atoms. The normalized spacial score (nSPS) is 18.6. The lowest BCUT2D eigenvalue weighted by Crippen LogP contribution is -2.43. The van der Waals surface area contributed by atoms with Crippen molar-refractivity contribution in [1.29, 1.82) is 0 Å². The predicted molar refractivity (Wildman–Crippen MR) is 119 cm³/mol. The van der Waals surface area contributed by atoms with E-state index in [0.717, 1.165) is 25.6 Å². The summed E-state index contributed by atoms with van der Waals surface area (Å²) in [6.45, 7) is 1.90. The topological polar surface area (TPSA) is 60.9 Å². The van der Waals surface area contributed by atoms with Gasteiger partial charge in [-0.1, -0.05) is 51.8 Å². The molecule has 0 aromatic heterocycles. The van der Waals surface area contributed by atoms with Crippen molar-refractivity contribution in [2.45, 2.75) is 24.1 Å². The summed E-state index contributed by atoms with van der Waals surface area (Å²) in [5.41, 5.74) is 3.11. The highest BCUT2D eigenvalue weighted by atomic mass is 79.9. The number of aryl methyl sites for hydroxylation is 1. The predicted octanol–water partition coefficient (Wildman–Crippen LogP) is 4.46. The standard InChI is InChI=1S/C22H21BrN2O3S/c1-15-7-13-18(14-8-15)29(27,28)25-20-6-4-3-5-19(20)21(22(25)26)24(2)17-11-9-16(23)10-12-17/h3-14,21-22,26H,1-2H3. The number of hydrogen-bond acceptors (Lipinski definition) is 4. The highest BCUT2D eigenvalue weighted by molar-refractivity contribution is 9.10. The lowest BCUT2D eigenvalue weighted by molar-refractivity contribution is 0.164. The molecule has 0 saturated carbocycles. The zero-order valence-electron chi connectivity index (χ0n) is 16.0. The van der Waals surface area contributed by atoms with Crippen LogP contribution in [0.4, 0.5) is 11.4 Å². The second-order valence-corrected chi connectivity index (χ2v) is 9.85. The van der Waals surface area contributed by atoms with Gasteiger partial charge in [-0.3, -0.25) is 0 Å². The molecular formula is C22H21BrN2O3S. The van der Waals surface area contributed by atoms with Gasteiger partial charge in [-0.15, -0.1) is 0 Å². The van der Waals surface area contributed by atoms with E-state index in [1.165, 1.54) is 0 Å². The van der Waals surface area contributed by atoms with Gasteiger partial charge in [0.25, 0.3) is 10.0 Å². The van der Waals surface area contributed by atoms with Gasteiger partial charge in [0.15, 0.2) is 6.23 Å². The van der Waals surface area contributed by atoms with Crippen LogP contribution in [0.3, 0.4) is 0 Å². The molecule has 0 aliphatic carbocycles. The van der Waals surface area contributed by atoms with Crippen molar-refractivity contribution in [3.63, 3.8) is 0 Å². The van der Waals surface area contributed by atoms with Crippen LogP contribution in [0.2, 0.25) is 0 Å². The zero-order valence-corrected chi connectivity index (χ0v) is 18.4. The maximum Gasteiger partial charge on any atom is 0.266 e. The Balaban J connectivity index is 1.79. The Bertz CT molecular complexity index is 1130. The van der Waals surface area contributed by atoms with Crippen LogP contribution in [-0.2, 0) is 10.0 Å². The maximum atomic E-state index is 13.4. The number of likely N-dealkylation sites (N-methyl/N-ethyl adjacent to an activating group) is 1. The Labute approximate surface area is 179 Å². The van der Waals surface area contributed by atoms with Crippen LogP contribution in [0.5, 0.6) is 0 Å². The summed E-state index contributed by atoms with van der Waals surface area (Å²) in [7, 11) is -2.07. The molecule has 150 valence electrons. The fourth-order valence-electron chi connectivity index (χ4n) is 3.71. The molecule has 1 aliphatic rings. The van der Waals surface area contributed by atoms with E-state index in [1.807, 2.05) is 55.3 Å². The molecule has 0 fully saturated rings. The minimum atomic E-state index is -3.92. The van der Waals surface area contributed by atoms with E-state index in [0.29, 0.717) is 5.69 Å². The van der Waals surface area contributed by atoms with Crippen LogP contribution in [0.1, 0.15) is 17.2 Å². The summed E-state index contributed by atoms with van der Waals surface area (Å²) in [4.78, 5) is 2.06. The summed E-state index contributed by atoms with van der Waals surface area (Å²) in [5, 5.41) is 11.2. The van der Waals surface area contributed by atoms with Crippen molar-refractivity contribution in [1.82, 2.24) is 0 Å². The van der Waals surface area contributed by atoms with Crippen molar-refractivity contribution in [3.8, 4) is 0 Å². The SMILES string of the molecule is Cc1ccc(S(=O)(=O)N2c3ccccc3C(N(C)c3ccc(Br)cc3)C2O)cc1. The molecule has 5 nitrogen and oxygen atoms in total. The summed E-state index contributed by atoms with van der Waals surface area (Å²) >= 11 is 3.43. The summed E-state index contributed by atoms with van der Waals surface area (Å²) in [5.74, 6) is 0. The molecule has 0 amide bonds. The van der Waals surface area contributed by atoms with E-state index in [-0.39, 0.29) is 4.90 Å². The first kappa shape index (κ1) is 19.9. The second kappa shape index (κ2) is 7.48. The zero-order chi connectivity index (χ0) is 20.8. The third kappa shape index (κ3) is 3.43. The van der Waals surface area contributed by atoms with Crippen LogP contribution in [0.15, 0.2) is 82.2 Å². The molecule has 1 N–H and O–H groups in total. The van der Waals surface area contributed by atoms with Gasteiger partial charge in [-0.25, -0.2) is 12.7 Å². The minimum absolute atomic E-state index is 0.156. The summed E-state index contributed by atoms with van der Waals surface area (Å²) < 4.78 is 28.9. The smallest absolute Gasteiger partial charge is 0.266 e. The maximum absolute atomic E-state index is 13.4. The van der Waals surface area contributed by atoms with Crippen LogP contribution in [0, 0.1) is 6.92 Å². The van der Waals surface area contributed by atoms with Crippen molar-refractivity contribution >= 4 is 37.3 Å². The largest absolute Gasteiger partial charge is 0.370 e. The van der Waals surface area contributed by atoms with E-state index in [4.69, 9.17) is 0 Å². The summed E-state index contributed by atoms with van der Waals surface area (Å²) in [6, 6.07) is 21.1. The van der Waals surface area contributed by atoms with Crippen LogP contribution >= 0.6 is 15.9 Å². The molecule has 1 heterocycles. The molecule has 7 heteroatoms. The molecule has 3 aromatic rings. The van der Waals surface area contributed by atoms with Gasteiger partial charge >= 0.3 is 0 Å². The van der Waals surface area contributed by atoms with Crippen molar-refractivity contribution in [3.05, 3.63) is 88.4 Å². The lowest BCUT2D eigenvalue weighted by Gasteiger charge is -2.32. The van der Waals surface area contributed by atoms with Crippen molar-refractivity contribution in [2.75, 3.05) is 16.3 Å². The van der Waals surface area contributed by atoms with Crippen LogP contribution in [0.25, 0.3) is 0 Å². The second-order valence-electron chi connectivity index (χ2n) is 7.12. The first-order chi connectivity index (χ1) is 13.8. The average Bonchev–Trinajstić information content (AvgIpc) is 3.00. The minimum Gasteiger partial charge on any atom is -0.370 e. The van der Waals surface area contributed by atoms with E-state index >= 15 is 0 Å². The Kier molecular flexibility index (Phi) is 5.14. The van der Waals surface area contributed by atoms with Gasteiger partial charge in [0, 0.05) is 22.8 Å². The number of fused-ring (bicyclic) bond motifs is 1. The summed E-state index contributed by atoms with van der Waals surface area (Å²) in [6.07, 6.45) is -1.26. The Morgan fingerprint density at radius 2 is 1.59 bits per heavy atom. The number of aliphatic hydroxyl groups is 1. The molecular weight excluding hydrogens is 452 g/mol. The van der Waals surface area contributed by atoms with Gasteiger partial charge < -0.3 is 10.0 Å². The van der Waals surface area contributed by atoms with E-state index in [9.17, 15) is 13.5 Å². The van der Waals surface area contributed by atoms with E-state index in [1.54, 1.807) is 36.4 Å². The Morgan fingerprint density at radius 3 is 2.24 bits per heavy atom. The number of aliphatic hydroxyl groups excluding tert-OH is 1. The number of rotatable bonds is 4. The highest BCUT2D eigenvalue weighted by Gasteiger charge is 2.45. The van der Waals surface area contributed by atoms with E-state index in [2.05, 4.69) is 15.9 Å². The fourth-order valence-corrected chi connectivity index (χ4v) is 5.51. The van der Waals surface area contributed by atoms with Crippen molar-refractivity contribution < 1.29 is 13.5 Å². The molecule has 4 rings (SSSR count). The molecule has 0 bridgehead atoms. The Hall–Kier alpha value is -2.35. The number of sulfonamides is 1. The molecule has 1 aliphatic heterocycles. The quantitative estimate of drug-likeness (QED) is 0.608. The third-order valence-corrected chi connectivity index (χ3v) is 7.57. The van der Waals surface area contributed by atoms with Crippen LogP contribution < -0.4 is 9.21 Å². The molecule has 2 unspecified atom stereocenters. The number of nitrogens with zero attached hydrogens (tertiary/aromatic N) is 2.